The number of aryl methyl sites for hydroxylation is 1. The smallest absolute Gasteiger partial charge is 0.323 e. The summed E-state index contributed by atoms with van der Waals surface area (Å²) in [6.07, 6.45) is 2.50. The number of hydrogen-bond acceptors (Lipinski definition) is 3. The van der Waals surface area contributed by atoms with Crippen LogP contribution >= 0.6 is 23.2 Å². The van der Waals surface area contributed by atoms with E-state index in [1.807, 2.05) is 24.3 Å². The number of carbonyl (C=O) groups is 1. The van der Waals surface area contributed by atoms with Gasteiger partial charge in [-0.2, -0.15) is 0 Å². The Morgan fingerprint density at radius 3 is 2.67 bits per heavy atom. The maximum Gasteiger partial charge on any atom is 0.323 e. The van der Waals surface area contributed by atoms with Gasteiger partial charge in [-0.25, -0.2) is 9.78 Å². The van der Waals surface area contributed by atoms with Crippen LogP contribution in [0, 0.1) is 0 Å². The number of pyridine rings is 1. The first kappa shape index (κ1) is 19.0. The average Bonchev–Trinajstić information content (AvgIpc) is 2.66. The van der Waals surface area contributed by atoms with Gasteiger partial charge in [0.2, 0.25) is 5.88 Å². The molecule has 0 unspecified atom stereocenters. The van der Waals surface area contributed by atoms with Crippen LogP contribution in [0.5, 0.6) is 11.6 Å². The number of aromatic nitrogens is 1. The van der Waals surface area contributed by atoms with Gasteiger partial charge in [-0.1, -0.05) is 42.3 Å². The predicted octanol–water partition coefficient (Wildman–Crippen LogP) is 6.39. The first-order chi connectivity index (χ1) is 13.0. The summed E-state index contributed by atoms with van der Waals surface area (Å²) in [7, 11) is 0. The highest BCUT2D eigenvalue weighted by molar-refractivity contribution is 6.42. The Bertz CT molecular complexity index is 963. The summed E-state index contributed by atoms with van der Waals surface area (Å²) in [6.45, 7) is 2.07. The van der Waals surface area contributed by atoms with Gasteiger partial charge < -0.3 is 15.4 Å². The molecule has 0 saturated carbocycles. The molecule has 3 aromatic rings. The molecule has 0 saturated heterocycles. The van der Waals surface area contributed by atoms with E-state index >= 15 is 0 Å². The second-order valence-electron chi connectivity index (χ2n) is 5.67. The van der Waals surface area contributed by atoms with Crippen molar-refractivity contribution in [1.29, 1.82) is 0 Å². The van der Waals surface area contributed by atoms with Crippen LogP contribution < -0.4 is 15.4 Å². The first-order valence-corrected chi connectivity index (χ1v) is 9.05. The van der Waals surface area contributed by atoms with E-state index in [0.29, 0.717) is 33.0 Å². The van der Waals surface area contributed by atoms with E-state index in [1.54, 1.807) is 36.5 Å². The van der Waals surface area contributed by atoms with Crippen LogP contribution in [0.15, 0.2) is 60.8 Å². The molecule has 0 aliphatic carbocycles. The second kappa shape index (κ2) is 8.75. The highest BCUT2D eigenvalue weighted by Crippen LogP contribution is 2.28. The lowest BCUT2D eigenvalue weighted by atomic mass is 10.2. The van der Waals surface area contributed by atoms with Crippen LogP contribution in [0.4, 0.5) is 16.2 Å². The van der Waals surface area contributed by atoms with Crippen LogP contribution in [0.25, 0.3) is 0 Å². The van der Waals surface area contributed by atoms with Crippen LogP contribution in [0.2, 0.25) is 10.0 Å². The van der Waals surface area contributed by atoms with E-state index in [9.17, 15) is 4.79 Å². The van der Waals surface area contributed by atoms with Crippen LogP contribution in [0.1, 0.15) is 12.5 Å². The van der Waals surface area contributed by atoms with Crippen molar-refractivity contribution in [2.24, 2.45) is 0 Å². The lowest BCUT2D eigenvalue weighted by Crippen LogP contribution is -2.19. The van der Waals surface area contributed by atoms with Crippen molar-refractivity contribution < 1.29 is 9.53 Å². The Morgan fingerprint density at radius 1 is 1.04 bits per heavy atom. The maximum absolute atomic E-state index is 12.3. The predicted molar refractivity (Wildman–Crippen MR) is 109 cm³/mol. The molecule has 0 fully saturated rings. The number of benzene rings is 2. The third kappa shape index (κ3) is 5.12. The van der Waals surface area contributed by atoms with Gasteiger partial charge in [-0.15, -0.1) is 0 Å². The van der Waals surface area contributed by atoms with Gasteiger partial charge in [0.25, 0.3) is 0 Å². The van der Waals surface area contributed by atoms with E-state index in [-0.39, 0.29) is 0 Å². The van der Waals surface area contributed by atoms with Crippen molar-refractivity contribution in [3.05, 3.63) is 76.4 Å². The van der Waals surface area contributed by atoms with Gasteiger partial charge in [0, 0.05) is 11.9 Å². The zero-order chi connectivity index (χ0) is 19.2. The molecule has 3 rings (SSSR count). The summed E-state index contributed by atoms with van der Waals surface area (Å²) in [5, 5.41) is 6.19. The van der Waals surface area contributed by atoms with E-state index in [1.165, 1.54) is 0 Å². The van der Waals surface area contributed by atoms with Crippen molar-refractivity contribution in [3.63, 3.8) is 0 Å². The fraction of sp³-hybridized carbons (Fsp3) is 0.100. The molecule has 5 nitrogen and oxygen atoms in total. The summed E-state index contributed by atoms with van der Waals surface area (Å²) in [4.78, 5) is 16.5. The van der Waals surface area contributed by atoms with Crippen molar-refractivity contribution in [1.82, 2.24) is 4.98 Å². The minimum Gasteiger partial charge on any atom is -0.437 e. The number of urea groups is 1. The molecule has 2 N–H and O–H groups in total. The minimum atomic E-state index is -0.450. The Kier molecular flexibility index (Phi) is 6.16. The largest absolute Gasteiger partial charge is 0.437 e. The fourth-order valence-corrected chi connectivity index (χ4v) is 2.66. The van der Waals surface area contributed by atoms with Crippen LogP contribution in [0.3, 0.4) is 0 Å². The number of amides is 2. The van der Waals surface area contributed by atoms with Crippen molar-refractivity contribution in [2.45, 2.75) is 13.3 Å². The molecule has 138 valence electrons. The highest BCUT2D eigenvalue weighted by Gasteiger charge is 2.11. The Balaban J connectivity index is 1.73. The summed E-state index contributed by atoms with van der Waals surface area (Å²) >= 11 is 11.8. The molecule has 0 spiro atoms. The fourth-order valence-electron chi connectivity index (χ4n) is 2.37. The first-order valence-electron chi connectivity index (χ1n) is 8.30. The number of rotatable bonds is 5. The van der Waals surface area contributed by atoms with Gasteiger partial charge in [0.15, 0.2) is 0 Å². The second-order valence-corrected chi connectivity index (χ2v) is 6.48. The van der Waals surface area contributed by atoms with Gasteiger partial charge >= 0.3 is 6.03 Å². The van der Waals surface area contributed by atoms with E-state index in [4.69, 9.17) is 27.9 Å². The third-order valence-electron chi connectivity index (χ3n) is 3.72. The quantitative estimate of drug-likeness (QED) is 0.520. The molecular weight excluding hydrogens is 385 g/mol. The Labute approximate surface area is 167 Å². The molecule has 7 heteroatoms. The molecule has 1 heterocycles. The minimum absolute atomic E-state index is 0.301. The number of carbonyl (C=O) groups excluding carboxylic acids is 1. The van der Waals surface area contributed by atoms with Crippen LogP contribution in [-0.2, 0) is 6.42 Å². The molecule has 2 aromatic carbocycles. The number of anilines is 2. The van der Waals surface area contributed by atoms with Gasteiger partial charge in [0.05, 0.1) is 10.0 Å². The monoisotopic (exact) mass is 401 g/mol. The van der Waals surface area contributed by atoms with E-state index < -0.39 is 6.03 Å². The summed E-state index contributed by atoms with van der Waals surface area (Å²) in [5.41, 5.74) is 2.11. The third-order valence-corrected chi connectivity index (χ3v) is 4.46. The molecule has 0 atom stereocenters. The summed E-state index contributed by atoms with van der Waals surface area (Å²) in [5.74, 6) is 0.955. The molecule has 0 aliphatic heterocycles. The zero-order valence-electron chi connectivity index (χ0n) is 14.5. The molecule has 2 amide bonds. The van der Waals surface area contributed by atoms with Crippen molar-refractivity contribution in [2.75, 3.05) is 10.6 Å². The molecule has 0 radical (unpaired) electrons. The summed E-state index contributed by atoms with van der Waals surface area (Å²) in [6, 6.07) is 15.5. The SMILES string of the molecule is CCc1cccc(Oc2ncccc2NC(=O)Nc2ccc(Cl)c(Cl)c2)c1. The number of nitrogens with zero attached hydrogens (tertiary/aromatic N) is 1. The lowest BCUT2D eigenvalue weighted by molar-refractivity contribution is 0.262. The Hall–Kier alpha value is -2.76. The van der Waals surface area contributed by atoms with Crippen molar-refractivity contribution >= 4 is 40.6 Å². The zero-order valence-corrected chi connectivity index (χ0v) is 16.0. The molecular formula is C20H17Cl2N3O2. The number of hydrogen-bond donors (Lipinski definition) is 2. The Morgan fingerprint density at radius 2 is 1.89 bits per heavy atom. The standard InChI is InChI=1S/C20H17Cl2N3O2/c1-2-13-5-3-6-15(11-13)27-19-18(7-4-10-23-19)25-20(26)24-14-8-9-16(21)17(22)12-14/h3-12H,2H2,1H3,(H2,24,25,26). The number of halogens is 2. The normalized spacial score (nSPS) is 10.3. The lowest BCUT2D eigenvalue weighted by Gasteiger charge is -2.12. The summed E-state index contributed by atoms with van der Waals surface area (Å²) < 4.78 is 5.85. The van der Waals surface area contributed by atoms with Gasteiger partial charge in [-0.05, 0) is 54.4 Å². The topological polar surface area (TPSA) is 63.2 Å². The van der Waals surface area contributed by atoms with Gasteiger partial charge in [-0.3, -0.25) is 0 Å². The van der Waals surface area contributed by atoms with E-state index in [2.05, 4.69) is 22.5 Å². The number of nitrogens with one attached hydrogen (secondary N) is 2. The number of ether oxygens (including phenoxy) is 1. The maximum atomic E-state index is 12.3. The van der Waals surface area contributed by atoms with Gasteiger partial charge in [0.1, 0.15) is 11.4 Å². The highest BCUT2D eigenvalue weighted by atomic mass is 35.5. The van der Waals surface area contributed by atoms with Crippen LogP contribution in [-0.4, -0.2) is 11.0 Å². The van der Waals surface area contributed by atoms with E-state index in [0.717, 1.165) is 12.0 Å². The molecule has 0 aliphatic rings. The molecule has 0 bridgehead atoms. The average molecular weight is 402 g/mol. The van der Waals surface area contributed by atoms with Crippen molar-refractivity contribution in [3.8, 4) is 11.6 Å². The molecule has 27 heavy (non-hydrogen) atoms. The molecule has 1 aromatic heterocycles.